The summed E-state index contributed by atoms with van der Waals surface area (Å²) in [7, 11) is 2.89. The van der Waals surface area contributed by atoms with Crippen molar-refractivity contribution in [3.05, 3.63) is 36.1 Å². The molecule has 0 spiro atoms. The van der Waals surface area contributed by atoms with E-state index in [1.807, 2.05) is 0 Å². The smallest absolute Gasteiger partial charge is 0.339 e. The van der Waals surface area contributed by atoms with Crippen LogP contribution in [0.5, 0.6) is 5.75 Å². The fourth-order valence-corrected chi connectivity index (χ4v) is 1.21. The number of rotatable bonds is 4. The minimum Gasteiger partial charge on any atom is -0.503 e. The highest BCUT2D eigenvalue weighted by molar-refractivity contribution is 6.15. The van der Waals surface area contributed by atoms with Gasteiger partial charge in [-0.2, -0.15) is 0 Å². The van der Waals surface area contributed by atoms with Crippen molar-refractivity contribution in [2.24, 2.45) is 0 Å². The maximum Gasteiger partial charge on any atom is 0.339 e. The van der Waals surface area contributed by atoms with Crippen molar-refractivity contribution in [1.29, 1.82) is 0 Å². The van der Waals surface area contributed by atoms with Crippen LogP contribution in [-0.2, 0) is 9.53 Å². The summed E-state index contributed by atoms with van der Waals surface area (Å²) in [5, 5.41) is 8.97. The van der Waals surface area contributed by atoms with Crippen molar-refractivity contribution in [3.63, 3.8) is 0 Å². The molecule has 80 valence electrons. The van der Waals surface area contributed by atoms with E-state index in [1.165, 1.54) is 20.5 Å². The van der Waals surface area contributed by atoms with Gasteiger partial charge in [-0.05, 0) is 6.07 Å². The Labute approximate surface area is 87.7 Å². The van der Waals surface area contributed by atoms with Crippen molar-refractivity contribution in [2.75, 3.05) is 14.2 Å². The van der Waals surface area contributed by atoms with E-state index in [4.69, 9.17) is 14.6 Å². The highest BCUT2D eigenvalue weighted by atomic mass is 16.5. The topological polar surface area (TPSA) is 55.8 Å². The minimum absolute atomic E-state index is 0.0648. The zero-order chi connectivity index (χ0) is 11.3. The zero-order valence-electron chi connectivity index (χ0n) is 8.56. The average Bonchev–Trinajstić information content (AvgIpc) is 2.25. The molecule has 1 aromatic carbocycles. The largest absolute Gasteiger partial charge is 0.503 e. The highest BCUT2D eigenvalue weighted by Gasteiger charge is 2.14. The molecular weight excluding hydrogens is 196 g/mol. The Morgan fingerprint density at radius 1 is 1.33 bits per heavy atom. The van der Waals surface area contributed by atoms with Crippen LogP contribution < -0.4 is 4.74 Å². The van der Waals surface area contributed by atoms with Crippen molar-refractivity contribution < 1.29 is 19.4 Å². The van der Waals surface area contributed by atoms with E-state index in [9.17, 15) is 4.79 Å². The number of methoxy groups -OCH3 is 2. The number of hydrogen-bond acceptors (Lipinski definition) is 3. The van der Waals surface area contributed by atoms with Crippen LogP contribution in [0.25, 0.3) is 5.57 Å². The molecule has 0 heterocycles. The summed E-state index contributed by atoms with van der Waals surface area (Å²) < 4.78 is 9.78. The van der Waals surface area contributed by atoms with Gasteiger partial charge in [0.05, 0.1) is 20.5 Å². The summed E-state index contributed by atoms with van der Waals surface area (Å²) in [5.74, 6) is -0.551. The summed E-state index contributed by atoms with van der Waals surface area (Å²) in [4.78, 5) is 11.0. The second-order valence-electron chi connectivity index (χ2n) is 2.77. The van der Waals surface area contributed by atoms with Gasteiger partial charge in [0.25, 0.3) is 0 Å². The second kappa shape index (κ2) is 5.05. The average molecular weight is 208 g/mol. The van der Waals surface area contributed by atoms with E-state index in [0.717, 1.165) is 0 Å². The molecule has 0 bridgehead atoms. The third-order valence-electron chi connectivity index (χ3n) is 1.86. The Hall–Kier alpha value is -1.97. The molecule has 0 aliphatic rings. The Bertz CT molecular complexity index is 382. The van der Waals surface area contributed by atoms with Crippen LogP contribution in [-0.4, -0.2) is 25.3 Å². The van der Waals surface area contributed by atoms with Crippen LogP contribution in [0.1, 0.15) is 5.56 Å². The minimum atomic E-state index is -1.05. The van der Waals surface area contributed by atoms with E-state index in [-0.39, 0.29) is 5.57 Å². The van der Waals surface area contributed by atoms with Crippen molar-refractivity contribution in [2.45, 2.75) is 0 Å². The highest BCUT2D eigenvalue weighted by Crippen LogP contribution is 2.25. The molecule has 0 radical (unpaired) electrons. The van der Waals surface area contributed by atoms with Crippen LogP contribution in [0.2, 0.25) is 0 Å². The van der Waals surface area contributed by atoms with Gasteiger partial charge in [0, 0.05) is 5.56 Å². The molecule has 1 rings (SSSR count). The molecule has 0 aliphatic heterocycles. The molecule has 4 heteroatoms. The molecule has 4 nitrogen and oxygen atoms in total. The van der Waals surface area contributed by atoms with Gasteiger partial charge >= 0.3 is 5.97 Å². The molecule has 0 aromatic heterocycles. The Kier molecular flexibility index (Phi) is 3.74. The molecular formula is C11H12O4. The normalized spacial score (nSPS) is 10.9. The molecule has 0 saturated carbocycles. The summed E-state index contributed by atoms with van der Waals surface area (Å²) in [6, 6.07) is 6.87. The van der Waals surface area contributed by atoms with Gasteiger partial charge in [-0.3, -0.25) is 0 Å². The summed E-state index contributed by atoms with van der Waals surface area (Å²) in [6.45, 7) is 0. The van der Waals surface area contributed by atoms with Gasteiger partial charge < -0.3 is 14.6 Å². The van der Waals surface area contributed by atoms with Crippen LogP contribution in [0.4, 0.5) is 0 Å². The first kappa shape index (κ1) is 11.1. The van der Waals surface area contributed by atoms with Crippen LogP contribution >= 0.6 is 0 Å². The predicted molar refractivity (Wildman–Crippen MR) is 55.6 cm³/mol. The fraction of sp³-hybridized carbons (Fsp3) is 0.182. The van der Waals surface area contributed by atoms with E-state index in [1.54, 1.807) is 24.3 Å². The first-order chi connectivity index (χ1) is 7.20. The van der Waals surface area contributed by atoms with E-state index < -0.39 is 5.97 Å². The number of carboxylic acids is 1. The van der Waals surface area contributed by atoms with Gasteiger partial charge in [-0.15, -0.1) is 0 Å². The molecule has 0 saturated heterocycles. The quantitative estimate of drug-likeness (QED) is 0.605. The number of para-hydroxylation sites is 1. The van der Waals surface area contributed by atoms with Crippen molar-refractivity contribution >= 4 is 11.5 Å². The van der Waals surface area contributed by atoms with Crippen molar-refractivity contribution in [3.8, 4) is 5.75 Å². The number of ether oxygens (including phenoxy) is 2. The second-order valence-corrected chi connectivity index (χ2v) is 2.77. The first-order valence-corrected chi connectivity index (χ1v) is 4.30. The lowest BCUT2D eigenvalue weighted by Crippen LogP contribution is -2.02. The number of benzene rings is 1. The molecule has 15 heavy (non-hydrogen) atoms. The zero-order valence-corrected chi connectivity index (χ0v) is 8.56. The maximum absolute atomic E-state index is 11.0. The number of carbonyl (C=O) groups is 1. The van der Waals surface area contributed by atoms with Gasteiger partial charge in [0.1, 0.15) is 11.3 Å². The van der Waals surface area contributed by atoms with E-state index in [0.29, 0.717) is 11.3 Å². The SMILES string of the molecule is CO/C=C(/C(=O)O)c1ccccc1OC. The monoisotopic (exact) mass is 208 g/mol. The van der Waals surface area contributed by atoms with E-state index >= 15 is 0 Å². The van der Waals surface area contributed by atoms with Crippen LogP contribution in [0.3, 0.4) is 0 Å². The summed E-state index contributed by atoms with van der Waals surface area (Å²) in [6.07, 6.45) is 1.18. The molecule has 1 aromatic rings. The fourth-order valence-electron chi connectivity index (χ4n) is 1.21. The molecule has 1 N–H and O–H groups in total. The third kappa shape index (κ3) is 2.49. The number of carboxylic acid groups (broad SMARTS) is 1. The van der Waals surface area contributed by atoms with Crippen LogP contribution in [0.15, 0.2) is 30.5 Å². The van der Waals surface area contributed by atoms with Gasteiger partial charge in [0.15, 0.2) is 0 Å². The lowest BCUT2D eigenvalue weighted by atomic mass is 10.1. The summed E-state index contributed by atoms with van der Waals surface area (Å²) in [5.41, 5.74) is 0.560. The van der Waals surface area contributed by atoms with Gasteiger partial charge in [-0.1, -0.05) is 18.2 Å². The van der Waals surface area contributed by atoms with Crippen molar-refractivity contribution in [1.82, 2.24) is 0 Å². The lowest BCUT2D eigenvalue weighted by molar-refractivity contribution is -0.130. The Balaban J connectivity index is 3.22. The van der Waals surface area contributed by atoms with E-state index in [2.05, 4.69) is 0 Å². The summed E-state index contributed by atoms with van der Waals surface area (Å²) >= 11 is 0. The molecule has 0 unspecified atom stereocenters. The van der Waals surface area contributed by atoms with Crippen LogP contribution in [0, 0.1) is 0 Å². The van der Waals surface area contributed by atoms with Gasteiger partial charge in [-0.25, -0.2) is 4.79 Å². The first-order valence-electron chi connectivity index (χ1n) is 4.30. The third-order valence-corrected chi connectivity index (χ3v) is 1.86. The standard InChI is InChI=1S/C11H12O4/c1-14-7-9(11(12)13)8-5-3-4-6-10(8)15-2/h3-7H,1-2H3,(H,12,13)/b9-7+. The maximum atomic E-state index is 11.0. The number of aliphatic carboxylic acids is 1. The molecule has 0 amide bonds. The molecule has 0 fully saturated rings. The Morgan fingerprint density at radius 3 is 2.53 bits per heavy atom. The Morgan fingerprint density at radius 2 is 2.00 bits per heavy atom. The predicted octanol–water partition coefficient (Wildman–Crippen LogP) is 1.77. The van der Waals surface area contributed by atoms with Gasteiger partial charge in [0.2, 0.25) is 0 Å². The molecule has 0 atom stereocenters. The number of hydrogen-bond donors (Lipinski definition) is 1. The molecule has 0 aliphatic carbocycles. The lowest BCUT2D eigenvalue weighted by Gasteiger charge is -2.08.